The van der Waals surface area contributed by atoms with Crippen molar-refractivity contribution < 1.29 is 8.78 Å². The number of halogens is 4. The lowest BCUT2D eigenvalue weighted by atomic mass is 10.2. The van der Waals surface area contributed by atoms with Gasteiger partial charge >= 0.3 is 0 Å². The molecule has 7 heteroatoms. The molecule has 2 N–H and O–H groups in total. The highest BCUT2D eigenvalue weighted by Crippen LogP contribution is 2.17. The summed E-state index contributed by atoms with van der Waals surface area (Å²) in [7, 11) is 1.62. The molecule has 3 nitrogen and oxygen atoms in total. The van der Waals surface area contributed by atoms with E-state index in [1.807, 2.05) is 0 Å². The zero-order valence-electron chi connectivity index (χ0n) is 12.4. The molecule has 23 heavy (non-hydrogen) atoms. The van der Waals surface area contributed by atoms with E-state index in [0.29, 0.717) is 24.6 Å². The van der Waals surface area contributed by atoms with Crippen molar-refractivity contribution in [3.8, 4) is 0 Å². The largest absolute Gasteiger partial charge is 0.352 e. The van der Waals surface area contributed by atoms with E-state index in [1.165, 1.54) is 18.2 Å². The van der Waals surface area contributed by atoms with Crippen molar-refractivity contribution in [3.05, 3.63) is 69.7 Å². The fourth-order valence-electron chi connectivity index (χ4n) is 1.90. The summed E-state index contributed by atoms with van der Waals surface area (Å²) in [6.45, 7) is 0.714. The number of guanidine groups is 1. The predicted octanol–water partition coefficient (Wildman–Crippen LogP) is 4.21. The Labute approximate surface area is 159 Å². The first-order chi connectivity index (χ1) is 10.6. The lowest BCUT2D eigenvalue weighted by molar-refractivity contribution is 0.604. The first-order valence-corrected chi connectivity index (χ1v) is 7.51. The number of aliphatic imine (C=N–C) groups is 1. The normalized spacial score (nSPS) is 10.9. The van der Waals surface area contributed by atoms with Crippen molar-refractivity contribution in [2.45, 2.75) is 13.1 Å². The molecule has 2 aromatic rings. The van der Waals surface area contributed by atoms with Gasteiger partial charge in [0.25, 0.3) is 0 Å². The number of rotatable bonds is 4. The average molecular weight is 496 g/mol. The molecule has 0 aliphatic carbocycles. The lowest BCUT2D eigenvalue weighted by Crippen LogP contribution is -2.36. The topological polar surface area (TPSA) is 36.4 Å². The zero-order valence-corrected chi connectivity index (χ0v) is 16.4. The highest BCUT2D eigenvalue weighted by molar-refractivity contribution is 14.0. The number of nitrogens with one attached hydrogen (secondary N) is 2. The van der Waals surface area contributed by atoms with E-state index in [1.54, 1.807) is 31.3 Å². The van der Waals surface area contributed by atoms with Gasteiger partial charge in [0.1, 0.15) is 11.6 Å². The van der Waals surface area contributed by atoms with E-state index in [2.05, 4.69) is 31.6 Å². The van der Waals surface area contributed by atoms with E-state index >= 15 is 0 Å². The molecule has 0 unspecified atom stereocenters. The number of nitrogens with zero attached hydrogens (tertiary/aromatic N) is 1. The zero-order chi connectivity index (χ0) is 15.9. The summed E-state index contributed by atoms with van der Waals surface area (Å²) in [6, 6.07) is 11.0. The van der Waals surface area contributed by atoms with Gasteiger partial charge in [0.2, 0.25) is 0 Å². The Kier molecular flexibility index (Phi) is 8.46. The van der Waals surface area contributed by atoms with Gasteiger partial charge in [0.05, 0.1) is 0 Å². The van der Waals surface area contributed by atoms with Crippen molar-refractivity contribution in [2.75, 3.05) is 7.05 Å². The minimum atomic E-state index is -0.297. The van der Waals surface area contributed by atoms with Crippen LogP contribution in [0.5, 0.6) is 0 Å². The number of hydrogen-bond donors (Lipinski definition) is 2. The van der Waals surface area contributed by atoms with Gasteiger partial charge < -0.3 is 10.6 Å². The van der Waals surface area contributed by atoms with Gasteiger partial charge in [0.15, 0.2) is 5.96 Å². The Morgan fingerprint density at radius 2 is 1.70 bits per heavy atom. The van der Waals surface area contributed by atoms with Gasteiger partial charge in [0, 0.05) is 30.2 Å². The van der Waals surface area contributed by atoms with Crippen molar-refractivity contribution in [2.24, 2.45) is 4.99 Å². The quantitative estimate of drug-likeness (QED) is 0.378. The summed E-state index contributed by atoms with van der Waals surface area (Å²) in [6.07, 6.45) is 0. The summed E-state index contributed by atoms with van der Waals surface area (Å²) >= 11 is 3.37. The van der Waals surface area contributed by atoms with Gasteiger partial charge in [-0.05, 0) is 29.8 Å². The van der Waals surface area contributed by atoms with Gasteiger partial charge in [-0.3, -0.25) is 4.99 Å². The minimum absolute atomic E-state index is 0. The van der Waals surface area contributed by atoms with E-state index in [-0.39, 0.29) is 35.6 Å². The van der Waals surface area contributed by atoms with Gasteiger partial charge in [-0.2, -0.15) is 0 Å². The standard InChI is InChI=1S/C16H16BrF2N3.HI/c1-20-16(21-9-11-4-2-3-5-15(11)19)22-10-12-8-13(18)6-7-14(12)17;/h2-8H,9-10H2,1H3,(H2,20,21,22);1H. The van der Waals surface area contributed by atoms with Crippen LogP contribution < -0.4 is 10.6 Å². The highest BCUT2D eigenvalue weighted by Gasteiger charge is 2.05. The van der Waals surface area contributed by atoms with Gasteiger partial charge in [-0.15, -0.1) is 24.0 Å². The van der Waals surface area contributed by atoms with Crippen molar-refractivity contribution in [1.29, 1.82) is 0 Å². The lowest BCUT2D eigenvalue weighted by Gasteiger charge is -2.13. The monoisotopic (exact) mass is 495 g/mol. The molecule has 124 valence electrons. The fraction of sp³-hybridized carbons (Fsp3) is 0.188. The molecule has 0 aliphatic rings. The SMILES string of the molecule is CN=C(NCc1ccccc1F)NCc1cc(F)ccc1Br.I. The van der Waals surface area contributed by atoms with Crippen LogP contribution in [0.3, 0.4) is 0 Å². The van der Waals surface area contributed by atoms with Crippen LogP contribution in [0.15, 0.2) is 51.9 Å². The third kappa shape index (κ3) is 6.06. The van der Waals surface area contributed by atoms with Crippen molar-refractivity contribution in [3.63, 3.8) is 0 Å². The summed E-state index contributed by atoms with van der Waals surface area (Å²) in [5, 5.41) is 6.08. The van der Waals surface area contributed by atoms with E-state index < -0.39 is 0 Å². The second-order valence-electron chi connectivity index (χ2n) is 4.61. The summed E-state index contributed by atoms with van der Waals surface area (Å²) in [5.41, 5.74) is 1.33. The third-order valence-electron chi connectivity index (χ3n) is 3.08. The predicted molar refractivity (Wildman–Crippen MR) is 103 cm³/mol. The molecule has 2 rings (SSSR count). The molecular formula is C16H17BrF2IN3. The van der Waals surface area contributed by atoms with Crippen LogP contribution in [0.2, 0.25) is 0 Å². The maximum Gasteiger partial charge on any atom is 0.191 e. The van der Waals surface area contributed by atoms with Gasteiger partial charge in [-0.25, -0.2) is 8.78 Å². The molecular weight excluding hydrogens is 479 g/mol. The van der Waals surface area contributed by atoms with E-state index in [4.69, 9.17) is 0 Å². The second kappa shape index (κ2) is 9.82. The molecule has 0 radical (unpaired) electrons. The summed E-state index contributed by atoms with van der Waals surface area (Å²) in [4.78, 5) is 4.06. The first-order valence-electron chi connectivity index (χ1n) is 6.72. The maximum atomic E-state index is 13.5. The second-order valence-corrected chi connectivity index (χ2v) is 5.46. The Hall–Kier alpha value is -1.22. The molecule has 0 heterocycles. The number of benzene rings is 2. The minimum Gasteiger partial charge on any atom is -0.352 e. The van der Waals surface area contributed by atoms with Gasteiger partial charge in [-0.1, -0.05) is 34.1 Å². The van der Waals surface area contributed by atoms with Crippen LogP contribution >= 0.6 is 39.9 Å². The highest BCUT2D eigenvalue weighted by atomic mass is 127. The molecule has 0 bridgehead atoms. The van der Waals surface area contributed by atoms with Crippen LogP contribution in [-0.4, -0.2) is 13.0 Å². The molecule has 0 saturated carbocycles. The molecule has 0 aliphatic heterocycles. The van der Waals surface area contributed by atoms with Crippen LogP contribution in [-0.2, 0) is 13.1 Å². The Morgan fingerprint density at radius 3 is 2.35 bits per heavy atom. The molecule has 0 atom stereocenters. The maximum absolute atomic E-state index is 13.5. The first kappa shape index (κ1) is 19.8. The molecule has 0 amide bonds. The van der Waals surface area contributed by atoms with Crippen LogP contribution in [0.4, 0.5) is 8.78 Å². The fourth-order valence-corrected chi connectivity index (χ4v) is 2.29. The smallest absolute Gasteiger partial charge is 0.191 e. The van der Waals surface area contributed by atoms with Crippen molar-refractivity contribution in [1.82, 2.24) is 10.6 Å². The summed E-state index contributed by atoms with van der Waals surface area (Å²) < 4.78 is 27.6. The molecule has 0 spiro atoms. The molecule has 2 aromatic carbocycles. The Bertz CT molecular complexity index is 680. The van der Waals surface area contributed by atoms with Crippen LogP contribution in [0.25, 0.3) is 0 Å². The summed E-state index contributed by atoms with van der Waals surface area (Å²) in [5.74, 6) is -0.0490. The molecule has 0 saturated heterocycles. The van der Waals surface area contributed by atoms with Crippen LogP contribution in [0.1, 0.15) is 11.1 Å². The van der Waals surface area contributed by atoms with Crippen molar-refractivity contribution >= 4 is 45.9 Å². The molecule has 0 fully saturated rings. The van der Waals surface area contributed by atoms with E-state index in [9.17, 15) is 8.78 Å². The van der Waals surface area contributed by atoms with E-state index in [0.717, 1.165) is 10.0 Å². The number of hydrogen-bond acceptors (Lipinski definition) is 1. The third-order valence-corrected chi connectivity index (χ3v) is 3.86. The Morgan fingerprint density at radius 1 is 1.04 bits per heavy atom. The average Bonchev–Trinajstić information content (AvgIpc) is 2.52. The molecule has 0 aromatic heterocycles. The van der Waals surface area contributed by atoms with Crippen LogP contribution in [0, 0.1) is 11.6 Å². The Balaban J connectivity index is 0.00000264.